The molecule has 2 heteroatoms. The van der Waals surface area contributed by atoms with Gasteiger partial charge in [-0.2, -0.15) is 0 Å². The highest BCUT2D eigenvalue weighted by Gasteiger charge is 2.23. The third-order valence-electron chi connectivity index (χ3n) is 2.01. The van der Waals surface area contributed by atoms with Gasteiger partial charge >= 0.3 is 0 Å². The maximum absolute atomic E-state index is 5.14. The standard InChI is InChI=1S/C9H19NO/c1-8(2)4-5-10(3)6-9-7-11-9/h8-9H,4-7H2,1-3H3. The third-order valence-corrected chi connectivity index (χ3v) is 2.01. The van der Waals surface area contributed by atoms with Gasteiger partial charge in [0.1, 0.15) is 0 Å². The minimum atomic E-state index is 0.548. The number of nitrogens with zero attached hydrogens (tertiary/aromatic N) is 1. The smallest absolute Gasteiger partial charge is 0.0936 e. The molecule has 0 bridgehead atoms. The van der Waals surface area contributed by atoms with E-state index in [2.05, 4.69) is 25.8 Å². The van der Waals surface area contributed by atoms with Gasteiger partial charge < -0.3 is 9.64 Å². The topological polar surface area (TPSA) is 15.8 Å². The third kappa shape index (κ3) is 4.38. The van der Waals surface area contributed by atoms with Gasteiger partial charge in [0.05, 0.1) is 12.7 Å². The molecule has 1 atom stereocenters. The lowest BCUT2D eigenvalue weighted by Gasteiger charge is -2.15. The number of epoxide rings is 1. The minimum absolute atomic E-state index is 0.548. The molecule has 0 saturated carbocycles. The van der Waals surface area contributed by atoms with Crippen molar-refractivity contribution in [1.29, 1.82) is 0 Å². The van der Waals surface area contributed by atoms with Crippen LogP contribution in [0.4, 0.5) is 0 Å². The van der Waals surface area contributed by atoms with Gasteiger partial charge in [0.15, 0.2) is 0 Å². The van der Waals surface area contributed by atoms with Crippen LogP contribution in [0.3, 0.4) is 0 Å². The number of hydrogen-bond acceptors (Lipinski definition) is 2. The van der Waals surface area contributed by atoms with Gasteiger partial charge in [-0.25, -0.2) is 0 Å². The van der Waals surface area contributed by atoms with Crippen molar-refractivity contribution < 1.29 is 4.74 Å². The Kier molecular flexibility index (Phi) is 3.34. The maximum atomic E-state index is 5.14. The second kappa shape index (κ2) is 4.07. The molecule has 2 nitrogen and oxygen atoms in total. The highest BCUT2D eigenvalue weighted by atomic mass is 16.6. The molecule has 1 rings (SSSR count). The fourth-order valence-corrected chi connectivity index (χ4v) is 1.09. The Labute approximate surface area is 69.5 Å². The van der Waals surface area contributed by atoms with Crippen LogP contribution in [0.2, 0.25) is 0 Å². The molecule has 1 fully saturated rings. The van der Waals surface area contributed by atoms with Gasteiger partial charge in [-0.05, 0) is 25.9 Å². The van der Waals surface area contributed by atoms with Crippen molar-refractivity contribution in [2.45, 2.75) is 26.4 Å². The zero-order chi connectivity index (χ0) is 8.27. The van der Waals surface area contributed by atoms with Gasteiger partial charge in [-0.3, -0.25) is 0 Å². The lowest BCUT2D eigenvalue weighted by atomic mass is 10.1. The van der Waals surface area contributed by atoms with Gasteiger partial charge in [-0.15, -0.1) is 0 Å². The number of ether oxygens (including phenoxy) is 1. The molecule has 1 saturated heterocycles. The summed E-state index contributed by atoms with van der Waals surface area (Å²) in [6, 6.07) is 0. The van der Waals surface area contributed by atoms with E-state index in [1.807, 2.05) is 0 Å². The van der Waals surface area contributed by atoms with Crippen LogP contribution in [0, 0.1) is 5.92 Å². The van der Waals surface area contributed by atoms with Crippen LogP contribution in [-0.4, -0.2) is 37.7 Å². The van der Waals surface area contributed by atoms with Crippen molar-refractivity contribution in [2.24, 2.45) is 5.92 Å². The van der Waals surface area contributed by atoms with Crippen LogP contribution >= 0.6 is 0 Å². The number of rotatable bonds is 5. The molecule has 0 aromatic heterocycles. The highest BCUT2D eigenvalue weighted by Crippen LogP contribution is 2.10. The number of hydrogen-bond donors (Lipinski definition) is 0. The molecule has 0 amide bonds. The molecule has 1 unspecified atom stereocenters. The predicted molar refractivity (Wildman–Crippen MR) is 46.7 cm³/mol. The van der Waals surface area contributed by atoms with Crippen LogP contribution in [-0.2, 0) is 4.74 Å². The summed E-state index contributed by atoms with van der Waals surface area (Å²) in [5.41, 5.74) is 0. The zero-order valence-electron chi connectivity index (χ0n) is 7.84. The van der Waals surface area contributed by atoms with Crippen molar-refractivity contribution in [2.75, 3.05) is 26.7 Å². The second-order valence-corrected chi connectivity index (χ2v) is 3.90. The lowest BCUT2D eigenvalue weighted by molar-refractivity contribution is 0.271. The summed E-state index contributed by atoms with van der Waals surface area (Å²) in [6.45, 7) is 7.83. The summed E-state index contributed by atoms with van der Waals surface area (Å²) < 4.78 is 5.14. The summed E-state index contributed by atoms with van der Waals surface area (Å²) in [4.78, 5) is 2.36. The summed E-state index contributed by atoms with van der Waals surface area (Å²) >= 11 is 0. The first-order valence-corrected chi connectivity index (χ1v) is 4.48. The van der Waals surface area contributed by atoms with Gasteiger partial charge in [0, 0.05) is 6.54 Å². The lowest BCUT2D eigenvalue weighted by Crippen LogP contribution is -2.25. The normalized spacial score (nSPS) is 23.2. The first-order valence-electron chi connectivity index (χ1n) is 4.48. The quantitative estimate of drug-likeness (QED) is 0.560. The van der Waals surface area contributed by atoms with Gasteiger partial charge in [0.25, 0.3) is 0 Å². The minimum Gasteiger partial charge on any atom is -0.372 e. The van der Waals surface area contributed by atoms with Crippen molar-refractivity contribution in [3.05, 3.63) is 0 Å². The summed E-state index contributed by atoms with van der Waals surface area (Å²) in [7, 11) is 2.17. The van der Waals surface area contributed by atoms with E-state index >= 15 is 0 Å². The SMILES string of the molecule is CC(C)CCN(C)CC1CO1. The second-order valence-electron chi connectivity index (χ2n) is 3.90. The van der Waals surface area contributed by atoms with Crippen LogP contribution in [0.25, 0.3) is 0 Å². The molecule has 1 aliphatic rings. The monoisotopic (exact) mass is 157 g/mol. The molecule has 0 radical (unpaired) electrons. The van der Waals surface area contributed by atoms with E-state index in [9.17, 15) is 0 Å². The molecule has 0 aliphatic carbocycles. The van der Waals surface area contributed by atoms with Crippen LogP contribution in [0.1, 0.15) is 20.3 Å². The Balaban J connectivity index is 1.95. The molecule has 0 N–H and O–H groups in total. The molecule has 1 aliphatic heterocycles. The fourth-order valence-electron chi connectivity index (χ4n) is 1.09. The average molecular weight is 157 g/mol. The Hall–Kier alpha value is -0.0800. The van der Waals surface area contributed by atoms with E-state index in [0.29, 0.717) is 6.10 Å². The Morgan fingerprint density at radius 1 is 1.55 bits per heavy atom. The first kappa shape index (κ1) is 9.01. The Morgan fingerprint density at radius 2 is 2.18 bits per heavy atom. The van der Waals surface area contributed by atoms with Gasteiger partial charge in [-0.1, -0.05) is 13.8 Å². The van der Waals surface area contributed by atoms with Crippen molar-refractivity contribution in [3.8, 4) is 0 Å². The average Bonchev–Trinajstić information content (AvgIpc) is 2.67. The van der Waals surface area contributed by atoms with E-state index < -0.39 is 0 Å². The molecule has 1 heterocycles. The van der Waals surface area contributed by atoms with Crippen LogP contribution < -0.4 is 0 Å². The molecule has 0 aromatic rings. The molecular formula is C9H19NO. The van der Waals surface area contributed by atoms with Crippen molar-refractivity contribution in [1.82, 2.24) is 4.90 Å². The van der Waals surface area contributed by atoms with Crippen LogP contribution in [0.15, 0.2) is 0 Å². The summed E-state index contributed by atoms with van der Waals surface area (Å²) in [6.07, 6.45) is 1.84. The molecule has 0 spiro atoms. The van der Waals surface area contributed by atoms with E-state index in [1.54, 1.807) is 0 Å². The molecular weight excluding hydrogens is 138 g/mol. The van der Waals surface area contributed by atoms with E-state index in [1.165, 1.54) is 13.0 Å². The molecule has 11 heavy (non-hydrogen) atoms. The van der Waals surface area contributed by atoms with Crippen LogP contribution in [0.5, 0.6) is 0 Å². The Morgan fingerprint density at radius 3 is 2.64 bits per heavy atom. The number of likely N-dealkylation sites (N-methyl/N-ethyl adjacent to an activating group) is 1. The highest BCUT2D eigenvalue weighted by molar-refractivity contribution is 4.72. The largest absolute Gasteiger partial charge is 0.372 e. The zero-order valence-corrected chi connectivity index (χ0v) is 7.84. The molecule has 0 aromatic carbocycles. The maximum Gasteiger partial charge on any atom is 0.0936 e. The van der Waals surface area contributed by atoms with Crippen molar-refractivity contribution >= 4 is 0 Å². The first-order chi connectivity index (χ1) is 5.18. The van der Waals surface area contributed by atoms with E-state index in [0.717, 1.165) is 19.1 Å². The van der Waals surface area contributed by atoms with E-state index in [4.69, 9.17) is 4.74 Å². The predicted octanol–water partition coefficient (Wildman–Crippen LogP) is 1.36. The van der Waals surface area contributed by atoms with Crippen molar-refractivity contribution in [3.63, 3.8) is 0 Å². The van der Waals surface area contributed by atoms with E-state index in [-0.39, 0.29) is 0 Å². The summed E-state index contributed by atoms with van der Waals surface area (Å²) in [5, 5.41) is 0. The Bertz CT molecular complexity index is 110. The molecule has 66 valence electrons. The van der Waals surface area contributed by atoms with Gasteiger partial charge in [0.2, 0.25) is 0 Å². The fraction of sp³-hybridized carbons (Fsp3) is 1.00. The summed E-state index contributed by atoms with van der Waals surface area (Å²) in [5.74, 6) is 0.817.